The highest BCUT2D eigenvalue weighted by Crippen LogP contribution is 2.46. The number of benzene rings is 1. The Morgan fingerprint density at radius 2 is 1.65 bits per heavy atom. The van der Waals surface area contributed by atoms with Crippen molar-refractivity contribution in [3.05, 3.63) is 29.8 Å². The first-order valence-electron chi connectivity index (χ1n) is 9.24. The summed E-state index contributed by atoms with van der Waals surface area (Å²) in [5, 5.41) is 10.8. The molecule has 1 aliphatic rings. The summed E-state index contributed by atoms with van der Waals surface area (Å²) in [6, 6.07) is 7.65. The highest BCUT2D eigenvalue weighted by molar-refractivity contribution is 6.05. The molecule has 5 nitrogen and oxygen atoms in total. The molecular formula is C21H29NO4. The number of aliphatic hydroxyl groups is 1. The zero-order valence-corrected chi connectivity index (χ0v) is 16.3. The van der Waals surface area contributed by atoms with Crippen LogP contribution in [-0.4, -0.2) is 41.1 Å². The molecule has 1 aromatic rings. The Hall–Kier alpha value is -2.01. The molecule has 0 unspecified atom stereocenters. The Kier molecular flexibility index (Phi) is 6.02. The fourth-order valence-corrected chi connectivity index (χ4v) is 4.40. The van der Waals surface area contributed by atoms with E-state index >= 15 is 0 Å². The van der Waals surface area contributed by atoms with E-state index in [0.717, 1.165) is 24.3 Å². The zero-order valence-electron chi connectivity index (χ0n) is 16.3. The standard InChI is InChI=1S/C21H29NO4/c1-6-22(7-2)16-10-8-15(9-11-16)19-18(13(3)23)17(25)12-21(5,26)20(19)14(4)24/h8-11,18-20,26H,6-7,12H2,1-5H3/t18-,19+,20-,21-/m1/s1. The Balaban J connectivity index is 2.53. The predicted molar refractivity (Wildman–Crippen MR) is 101 cm³/mol. The van der Waals surface area contributed by atoms with Crippen molar-refractivity contribution in [2.75, 3.05) is 18.0 Å². The van der Waals surface area contributed by atoms with Gasteiger partial charge in [0.1, 0.15) is 17.3 Å². The number of Topliss-reactive ketones (excluding diaryl/α,β-unsaturated/α-hetero) is 3. The third-order valence-electron chi connectivity index (χ3n) is 5.55. The summed E-state index contributed by atoms with van der Waals surface area (Å²) in [7, 11) is 0. The van der Waals surface area contributed by atoms with Crippen molar-refractivity contribution in [2.45, 2.75) is 52.6 Å². The largest absolute Gasteiger partial charge is 0.389 e. The van der Waals surface area contributed by atoms with Crippen LogP contribution in [0, 0.1) is 11.8 Å². The fraction of sp³-hybridized carbons (Fsp3) is 0.571. The fourth-order valence-electron chi connectivity index (χ4n) is 4.40. The lowest BCUT2D eigenvalue weighted by atomic mass is 9.60. The molecular weight excluding hydrogens is 330 g/mol. The minimum Gasteiger partial charge on any atom is -0.389 e. The van der Waals surface area contributed by atoms with Crippen LogP contribution in [-0.2, 0) is 14.4 Å². The van der Waals surface area contributed by atoms with Gasteiger partial charge in [-0.1, -0.05) is 12.1 Å². The van der Waals surface area contributed by atoms with Gasteiger partial charge in [0.2, 0.25) is 0 Å². The molecule has 0 amide bonds. The molecule has 1 N–H and O–H groups in total. The van der Waals surface area contributed by atoms with Gasteiger partial charge in [-0.25, -0.2) is 0 Å². The number of ketones is 3. The number of nitrogens with zero attached hydrogens (tertiary/aromatic N) is 1. The quantitative estimate of drug-likeness (QED) is 0.791. The number of anilines is 1. The Bertz CT molecular complexity index is 688. The van der Waals surface area contributed by atoms with E-state index in [4.69, 9.17) is 0 Å². The number of hydrogen-bond acceptors (Lipinski definition) is 5. The Morgan fingerprint density at radius 3 is 2.08 bits per heavy atom. The third kappa shape index (κ3) is 3.73. The summed E-state index contributed by atoms with van der Waals surface area (Å²) < 4.78 is 0. The van der Waals surface area contributed by atoms with Crippen LogP contribution >= 0.6 is 0 Å². The van der Waals surface area contributed by atoms with Crippen LogP contribution in [0.4, 0.5) is 5.69 Å². The number of hydrogen-bond donors (Lipinski definition) is 1. The molecule has 1 aliphatic carbocycles. The lowest BCUT2D eigenvalue weighted by molar-refractivity contribution is -0.151. The van der Waals surface area contributed by atoms with Crippen LogP contribution in [0.25, 0.3) is 0 Å². The van der Waals surface area contributed by atoms with Crippen molar-refractivity contribution in [1.82, 2.24) is 0 Å². The minimum atomic E-state index is -1.45. The first-order valence-corrected chi connectivity index (χ1v) is 9.24. The summed E-state index contributed by atoms with van der Waals surface area (Å²) in [5.74, 6) is -3.05. The van der Waals surface area contributed by atoms with Crippen LogP contribution in [0.2, 0.25) is 0 Å². The van der Waals surface area contributed by atoms with E-state index in [-0.39, 0.29) is 23.8 Å². The van der Waals surface area contributed by atoms with Gasteiger partial charge in [0.15, 0.2) is 0 Å². The van der Waals surface area contributed by atoms with E-state index in [9.17, 15) is 19.5 Å². The van der Waals surface area contributed by atoms with Crippen molar-refractivity contribution in [1.29, 1.82) is 0 Å². The van der Waals surface area contributed by atoms with Gasteiger partial charge in [0.05, 0.1) is 17.4 Å². The van der Waals surface area contributed by atoms with Gasteiger partial charge < -0.3 is 10.0 Å². The van der Waals surface area contributed by atoms with Crippen molar-refractivity contribution in [3.8, 4) is 0 Å². The van der Waals surface area contributed by atoms with Gasteiger partial charge in [-0.2, -0.15) is 0 Å². The van der Waals surface area contributed by atoms with Gasteiger partial charge in [-0.3, -0.25) is 14.4 Å². The van der Waals surface area contributed by atoms with Crippen molar-refractivity contribution in [3.63, 3.8) is 0 Å². The summed E-state index contributed by atoms with van der Waals surface area (Å²) in [6.45, 7) is 10.2. The van der Waals surface area contributed by atoms with Crippen LogP contribution in [0.15, 0.2) is 24.3 Å². The van der Waals surface area contributed by atoms with E-state index in [1.807, 2.05) is 24.3 Å². The Labute approximate surface area is 155 Å². The van der Waals surface area contributed by atoms with Crippen molar-refractivity contribution >= 4 is 23.0 Å². The zero-order chi connectivity index (χ0) is 19.6. The van der Waals surface area contributed by atoms with E-state index in [1.165, 1.54) is 20.8 Å². The van der Waals surface area contributed by atoms with Gasteiger partial charge in [-0.15, -0.1) is 0 Å². The summed E-state index contributed by atoms with van der Waals surface area (Å²) in [4.78, 5) is 39.3. The summed E-state index contributed by atoms with van der Waals surface area (Å²) in [6.07, 6.45) is -0.171. The van der Waals surface area contributed by atoms with Gasteiger partial charge in [-0.05, 0) is 52.3 Å². The van der Waals surface area contributed by atoms with Crippen LogP contribution < -0.4 is 4.90 Å². The van der Waals surface area contributed by atoms with Crippen molar-refractivity contribution < 1.29 is 19.5 Å². The Morgan fingerprint density at radius 1 is 1.12 bits per heavy atom. The molecule has 0 aromatic heterocycles. The lowest BCUT2D eigenvalue weighted by Gasteiger charge is -2.44. The summed E-state index contributed by atoms with van der Waals surface area (Å²) >= 11 is 0. The second kappa shape index (κ2) is 7.70. The monoisotopic (exact) mass is 359 g/mol. The molecule has 0 spiro atoms. The second-order valence-corrected chi connectivity index (χ2v) is 7.47. The lowest BCUT2D eigenvalue weighted by Crippen LogP contribution is -2.53. The normalized spacial score (nSPS) is 28.7. The molecule has 142 valence electrons. The maximum absolute atomic E-state index is 12.6. The first kappa shape index (κ1) is 20.3. The minimum absolute atomic E-state index is 0.171. The molecule has 1 saturated carbocycles. The SMILES string of the molecule is CCN(CC)c1ccc([C@H]2[C@H](C(C)=O)C(=O)C[C@@](C)(O)[C@@H]2C(C)=O)cc1. The molecule has 1 aromatic carbocycles. The molecule has 0 radical (unpaired) electrons. The molecule has 26 heavy (non-hydrogen) atoms. The summed E-state index contributed by atoms with van der Waals surface area (Å²) in [5.41, 5.74) is 0.345. The maximum atomic E-state index is 12.6. The van der Waals surface area contributed by atoms with E-state index in [1.54, 1.807) is 0 Å². The second-order valence-electron chi connectivity index (χ2n) is 7.47. The van der Waals surface area contributed by atoms with Crippen LogP contribution in [0.5, 0.6) is 0 Å². The van der Waals surface area contributed by atoms with E-state index < -0.39 is 23.4 Å². The molecule has 4 atom stereocenters. The predicted octanol–water partition coefficient (Wildman–Crippen LogP) is 2.75. The molecule has 5 heteroatoms. The molecule has 0 saturated heterocycles. The van der Waals surface area contributed by atoms with Crippen molar-refractivity contribution in [2.24, 2.45) is 11.8 Å². The van der Waals surface area contributed by atoms with Crippen LogP contribution in [0.3, 0.4) is 0 Å². The van der Waals surface area contributed by atoms with Gasteiger partial charge in [0, 0.05) is 31.1 Å². The maximum Gasteiger partial charge on any atom is 0.146 e. The van der Waals surface area contributed by atoms with E-state index in [2.05, 4.69) is 18.7 Å². The number of rotatable bonds is 6. The molecule has 1 fully saturated rings. The highest BCUT2D eigenvalue weighted by atomic mass is 16.3. The van der Waals surface area contributed by atoms with Crippen LogP contribution in [0.1, 0.15) is 52.5 Å². The molecule has 2 rings (SSSR count). The highest BCUT2D eigenvalue weighted by Gasteiger charge is 2.53. The molecule has 0 bridgehead atoms. The van der Waals surface area contributed by atoms with Gasteiger partial charge in [0.25, 0.3) is 0 Å². The average Bonchev–Trinajstić information content (AvgIpc) is 2.54. The first-order chi connectivity index (χ1) is 12.1. The van der Waals surface area contributed by atoms with Gasteiger partial charge >= 0.3 is 0 Å². The topological polar surface area (TPSA) is 74.7 Å². The van der Waals surface area contributed by atoms with E-state index in [0.29, 0.717) is 0 Å². The average molecular weight is 359 g/mol. The molecule has 0 aliphatic heterocycles. The number of carbonyl (C=O) groups is 3. The molecule has 0 heterocycles. The number of carbonyl (C=O) groups excluding carboxylic acids is 3. The third-order valence-corrected chi connectivity index (χ3v) is 5.55. The smallest absolute Gasteiger partial charge is 0.146 e.